The molecule has 3 amide bonds. The van der Waals surface area contributed by atoms with Crippen LogP contribution >= 0.6 is 0 Å². The molecule has 2 aliphatic rings. The summed E-state index contributed by atoms with van der Waals surface area (Å²) in [7, 11) is 0. The standard InChI is InChI=1S/C16H17N3O2/c17-10-12-5-4-6-13(9-12)19-14(20)16(11-18-15(19)21)7-2-1-3-8-16/h4-6,9H,1-3,7-8,11H2,(H,18,21). The lowest BCUT2D eigenvalue weighted by Crippen LogP contribution is -2.61. The molecule has 0 atom stereocenters. The normalized spacial score (nSPS) is 21.0. The molecule has 5 heteroatoms. The Bertz CT molecular complexity index is 627. The molecule has 1 aliphatic carbocycles. The first-order chi connectivity index (χ1) is 10.2. The molecule has 5 nitrogen and oxygen atoms in total. The lowest BCUT2D eigenvalue weighted by molar-refractivity contribution is -0.130. The summed E-state index contributed by atoms with van der Waals surface area (Å²) in [6, 6.07) is 8.27. The highest BCUT2D eigenvalue weighted by Gasteiger charge is 2.47. The average Bonchev–Trinajstić information content (AvgIpc) is 2.53. The Hall–Kier alpha value is -2.35. The summed E-state index contributed by atoms with van der Waals surface area (Å²) in [6.07, 6.45) is 4.83. The maximum Gasteiger partial charge on any atom is 0.328 e. The first kappa shape index (κ1) is 13.6. The number of imide groups is 1. The molecule has 3 rings (SSSR count). The molecule has 1 aromatic carbocycles. The van der Waals surface area contributed by atoms with Crippen molar-refractivity contribution in [2.24, 2.45) is 5.41 Å². The van der Waals surface area contributed by atoms with Crippen LogP contribution in [0.15, 0.2) is 24.3 Å². The number of anilines is 1. The summed E-state index contributed by atoms with van der Waals surface area (Å²) in [6.45, 7) is 0.430. The van der Waals surface area contributed by atoms with E-state index in [4.69, 9.17) is 5.26 Å². The maximum absolute atomic E-state index is 12.9. The van der Waals surface area contributed by atoms with E-state index in [1.54, 1.807) is 24.3 Å². The summed E-state index contributed by atoms with van der Waals surface area (Å²) in [5, 5.41) is 11.8. The van der Waals surface area contributed by atoms with Crippen molar-refractivity contribution in [3.63, 3.8) is 0 Å². The fraction of sp³-hybridized carbons (Fsp3) is 0.438. The van der Waals surface area contributed by atoms with E-state index in [-0.39, 0.29) is 5.91 Å². The monoisotopic (exact) mass is 283 g/mol. The number of rotatable bonds is 1. The van der Waals surface area contributed by atoms with Crippen LogP contribution in [0.3, 0.4) is 0 Å². The summed E-state index contributed by atoms with van der Waals surface area (Å²) in [4.78, 5) is 26.2. The number of hydrogen-bond acceptors (Lipinski definition) is 3. The molecule has 0 radical (unpaired) electrons. The Balaban J connectivity index is 1.97. The number of benzene rings is 1. The summed E-state index contributed by atoms with van der Waals surface area (Å²) in [5.74, 6) is -0.124. The van der Waals surface area contributed by atoms with E-state index < -0.39 is 11.4 Å². The zero-order valence-corrected chi connectivity index (χ0v) is 11.8. The van der Waals surface area contributed by atoms with Crippen LogP contribution in [0.1, 0.15) is 37.7 Å². The smallest absolute Gasteiger partial charge is 0.328 e. The number of nitrogens with zero attached hydrogens (tertiary/aromatic N) is 2. The molecule has 1 aromatic rings. The molecule has 1 saturated heterocycles. The van der Waals surface area contributed by atoms with Gasteiger partial charge in [-0.3, -0.25) is 4.79 Å². The van der Waals surface area contributed by atoms with Gasteiger partial charge in [0.15, 0.2) is 0 Å². The van der Waals surface area contributed by atoms with E-state index in [1.807, 2.05) is 6.07 Å². The summed E-state index contributed by atoms with van der Waals surface area (Å²) in [5.41, 5.74) is 0.451. The molecule has 21 heavy (non-hydrogen) atoms. The van der Waals surface area contributed by atoms with Gasteiger partial charge < -0.3 is 5.32 Å². The van der Waals surface area contributed by atoms with Gasteiger partial charge in [0.05, 0.1) is 22.7 Å². The van der Waals surface area contributed by atoms with Crippen molar-refractivity contribution in [3.8, 4) is 6.07 Å². The van der Waals surface area contributed by atoms with Crippen molar-refractivity contribution in [1.82, 2.24) is 5.32 Å². The third kappa shape index (κ3) is 2.27. The SMILES string of the molecule is N#Cc1cccc(N2C(=O)NCC3(CCCCC3)C2=O)c1. The zero-order chi connectivity index (χ0) is 14.9. The van der Waals surface area contributed by atoms with Gasteiger partial charge in [-0.2, -0.15) is 5.26 Å². The van der Waals surface area contributed by atoms with Gasteiger partial charge in [0.2, 0.25) is 5.91 Å². The van der Waals surface area contributed by atoms with Crippen LogP contribution in [-0.4, -0.2) is 18.5 Å². The molecule has 1 saturated carbocycles. The fourth-order valence-electron chi connectivity index (χ4n) is 3.30. The van der Waals surface area contributed by atoms with Crippen LogP contribution in [-0.2, 0) is 4.79 Å². The number of amides is 3. The second kappa shape index (κ2) is 5.21. The van der Waals surface area contributed by atoms with Gasteiger partial charge in [-0.1, -0.05) is 25.3 Å². The first-order valence-electron chi connectivity index (χ1n) is 7.29. The average molecular weight is 283 g/mol. The van der Waals surface area contributed by atoms with Gasteiger partial charge in [0, 0.05) is 6.54 Å². The molecular weight excluding hydrogens is 266 g/mol. The topological polar surface area (TPSA) is 73.2 Å². The molecule has 1 aliphatic heterocycles. The largest absolute Gasteiger partial charge is 0.336 e. The lowest BCUT2D eigenvalue weighted by atomic mass is 9.72. The second-order valence-electron chi connectivity index (χ2n) is 5.80. The van der Waals surface area contributed by atoms with Gasteiger partial charge >= 0.3 is 6.03 Å². The third-order valence-corrected chi connectivity index (χ3v) is 4.48. The molecule has 1 heterocycles. The van der Waals surface area contributed by atoms with Crippen LogP contribution in [0.2, 0.25) is 0 Å². The zero-order valence-electron chi connectivity index (χ0n) is 11.8. The highest BCUT2D eigenvalue weighted by atomic mass is 16.2. The molecule has 2 fully saturated rings. The van der Waals surface area contributed by atoms with Gasteiger partial charge in [-0.05, 0) is 31.0 Å². The highest BCUT2D eigenvalue weighted by Crippen LogP contribution is 2.40. The van der Waals surface area contributed by atoms with Crippen molar-refractivity contribution in [2.75, 3.05) is 11.4 Å². The number of urea groups is 1. The molecule has 0 aromatic heterocycles. The van der Waals surface area contributed by atoms with Gasteiger partial charge in [-0.15, -0.1) is 0 Å². The van der Waals surface area contributed by atoms with E-state index in [1.165, 1.54) is 4.90 Å². The number of carbonyl (C=O) groups is 2. The summed E-state index contributed by atoms with van der Waals surface area (Å²) >= 11 is 0. The minimum atomic E-state index is -0.463. The fourth-order valence-corrected chi connectivity index (χ4v) is 3.30. The maximum atomic E-state index is 12.9. The predicted molar refractivity (Wildman–Crippen MR) is 77.6 cm³/mol. The molecule has 108 valence electrons. The minimum absolute atomic E-state index is 0.124. The Morgan fingerprint density at radius 3 is 2.67 bits per heavy atom. The van der Waals surface area contributed by atoms with E-state index in [9.17, 15) is 9.59 Å². The van der Waals surface area contributed by atoms with Crippen LogP contribution in [0.25, 0.3) is 0 Å². The van der Waals surface area contributed by atoms with Crippen LogP contribution in [0.4, 0.5) is 10.5 Å². The molecule has 0 bridgehead atoms. The van der Waals surface area contributed by atoms with Crippen molar-refractivity contribution in [3.05, 3.63) is 29.8 Å². The van der Waals surface area contributed by atoms with E-state index >= 15 is 0 Å². The molecular formula is C16H17N3O2. The molecule has 1 N–H and O–H groups in total. The highest BCUT2D eigenvalue weighted by molar-refractivity contribution is 6.18. The van der Waals surface area contributed by atoms with Crippen LogP contribution in [0.5, 0.6) is 0 Å². The third-order valence-electron chi connectivity index (χ3n) is 4.48. The molecule has 0 unspecified atom stereocenters. The van der Waals surface area contributed by atoms with Crippen molar-refractivity contribution < 1.29 is 9.59 Å². The Morgan fingerprint density at radius 1 is 1.19 bits per heavy atom. The van der Waals surface area contributed by atoms with Gasteiger partial charge in [0.1, 0.15) is 0 Å². The first-order valence-corrected chi connectivity index (χ1v) is 7.29. The van der Waals surface area contributed by atoms with Crippen molar-refractivity contribution >= 4 is 17.6 Å². The number of carbonyl (C=O) groups excluding carboxylic acids is 2. The van der Waals surface area contributed by atoms with Crippen molar-refractivity contribution in [1.29, 1.82) is 5.26 Å². The molecule has 1 spiro atoms. The number of nitriles is 1. The van der Waals surface area contributed by atoms with E-state index in [0.717, 1.165) is 32.1 Å². The quantitative estimate of drug-likeness (QED) is 0.860. The van der Waals surface area contributed by atoms with Gasteiger partial charge in [0.25, 0.3) is 0 Å². The van der Waals surface area contributed by atoms with Gasteiger partial charge in [-0.25, -0.2) is 9.69 Å². The Labute approximate surface area is 123 Å². The predicted octanol–water partition coefficient (Wildman–Crippen LogP) is 2.56. The second-order valence-corrected chi connectivity index (χ2v) is 5.80. The summed E-state index contributed by atoms with van der Waals surface area (Å²) < 4.78 is 0. The minimum Gasteiger partial charge on any atom is -0.336 e. The Morgan fingerprint density at radius 2 is 1.95 bits per heavy atom. The lowest BCUT2D eigenvalue weighted by Gasteiger charge is -2.43. The number of nitrogens with one attached hydrogen (secondary N) is 1. The Kier molecular flexibility index (Phi) is 3.38. The number of hydrogen-bond donors (Lipinski definition) is 1. The van der Waals surface area contributed by atoms with Crippen LogP contribution < -0.4 is 10.2 Å². The van der Waals surface area contributed by atoms with E-state index in [2.05, 4.69) is 5.32 Å². The van der Waals surface area contributed by atoms with Crippen LogP contribution in [0, 0.1) is 16.7 Å². The van der Waals surface area contributed by atoms with E-state index in [0.29, 0.717) is 17.8 Å². The van der Waals surface area contributed by atoms with Crippen molar-refractivity contribution in [2.45, 2.75) is 32.1 Å².